The molecule has 0 aliphatic rings. The molecule has 0 radical (unpaired) electrons. The number of nitrogens with one attached hydrogen (secondary N) is 1. The molecule has 0 aliphatic heterocycles. The summed E-state index contributed by atoms with van der Waals surface area (Å²) in [4.78, 5) is 20.4. The van der Waals surface area contributed by atoms with Crippen molar-refractivity contribution >= 4 is 50.7 Å². The Morgan fingerprint density at radius 2 is 2.09 bits per heavy atom. The van der Waals surface area contributed by atoms with Crippen molar-refractivity contribution in [3.8, 4) is 0 Å². The van der Waals surface area contributed by atoms with E-state index in [4.69, 9.17) is 23.2 Å². The highest BCUT2D eigenvalue weighted by atomic mass is 35.5. The maximum absolute atomic E-state index is 12.0. The van der Waals surface area contributed by atoms with E-state index in [1.54, 1.807) is 11.3 Å². The van der Waals surface area contributed by atoms with Gasteiger partial charge in [0.25, 0.3) is 5.91 Å². The number of benzene rings is 1. The van der Waals surface area contributed by atoms with Crippen LogP contribution < -0.4 is 5.32 Å². The monoisotopic (exact) mass is 351 g/mol. The second-order valence-electron chi connectivity index (χ2n) is 4.58. The summed E-state index contributed by atoms with van der Waals surface area (Å²) in [5.41, 5.74) is 1.38. The molecule has 0 saturated heterocycles. The van der Waals surface area contributed by atoms with Crippen LogP contribution in [0.5, 0.6) is 0 Å². The smallest absolute Gasteiger partial charge is 0.252 e. The lowest BCUT2D eigenvalue weighted by molar-refractivity contribution is 0.0954. The van der Waals surface area contributed by atoms with Gasteiger partial charge in [-0.3, -0.25) is 4.79 Å². The number of amides is 1. The van der Waals surface area contributed by atoms with Crippen molar-refractivity contribution in [1.29, 1.82) is 0 Å². The molecule has 0 aliphatic carbocycles. The van der Waals surface area contributed by atoms with E-state index in [1.165, 1.54) is 12.3 Å². The van der Waals surface area contributed by atoms with Gasteiger partial charge in [-0.15, -0.1) is 11.3 Å². The third-order valence-electron chi connectivity index (χ3n) is 3.02. The molecule has 0 spiro atoms. The third kappa shape index (κ3) is 3.38. The lowest BCUT2D eigenvalue weighted by Gasteiger charge is -2.04. The molecule has 2 aromatic heterocycles. The summed E-state index contributed by atoms with van der Waals surface area (Å²) in [5.74, 6) is -0.229. The van der Waals surface area contributed by atoms with E-state index >= 15 is 0 Å². The Kier molecular flexibility index (Phi) is 4.57. The maximum Gasteiger partial charge on any atom is 0.252 e. The molecule has 22 heavy (non-hydrogen) atoms. The molecule has 0 atom stereocenters. The average Bonchev–Trinajstić information content (AvgIpc) is 2.92. The van der Waals surface area contributed by atoms with Crippen LogP contribution >= 0.6 is 34.5 Å². The van der Waals surface area contributed by atoms with Crippen LogP contribution in [0.15, 0.2) is 36.5 Å². The summed E-state index contributed by atoms with van der Waals surface area (Å²) >= 11 is 13.2. The highest BCUT2D eigenvalue weighted by Gasteiger charge is 2.09. The van der Waals surface area contributed by atoms with Gasteiger partial charge in [0.05, 0.1) is 25.8 Å². The number of aromatic nitrogens is 2. The van der Waals surface area contributed by atoms with Crippen molar-refractivity contribution in [1.82, 2.24) is 15.3 Å². The summed E-state index contributed by atoms with van der Waals surface area (Å²) in [5, 5.41) is 4.27. The number of thiazole rings is 1. The molecule has 7 heteroatoms. The maximum atomic E-state index is 12.0. The quantitative estimate of drug-likeness (QED) is 0.723. The number of rotatable bonds is 4. The Bertz CT molecular complexity index is 802. The second-order valence-corrected chi connectivity index (χ2v) is 6.46. The van der Waals surface area contributed by atoms with Gasteiger partial charge in [0.2, 0.25) is 0 Å². The summed E-state index contributed by atoms with van der Waals surface area (Å²) in [7, 11) is 0. The number of pyridine rings is 1. The summed E-state index contributed by atoms with van der Waals surface area (Å²) < 4.78 is 1.15. The normalized spacial score (nSPS) is 10.8. The Morgan fingerprint density at radius 1 is 1.27 bits per heavy atom. The van der Waals surface area contributed by atoms with Gasteiger partial charge in [0.1, 0.15) is 5.15 Å². The van der Waals surface area contributed by atoms with Crippen LogP contribution in [0, 0.1) is 0 Å². The molecule has 4 nitrogen and oxygen atoms in total. The fourth-order valence-electron chi connectivity index (χ4n) is 1.96. The molecule has 1 aromatic carbocycles. The number of carbonyl (C=O) groups excluding carboxylic acids is 1. The number of fused-ring (bicyclic) bond motifs is 1. The van der Waals surface area contributed by atoms with Gasteiger partial charge in [-0.2, -0.15) is 0 Å². The van der Waals surface area contributed by atoms with E-state index in [0.717, 1.165) is 15.2 Å². The molecule has 1 N–H and O–H groups in total. The number of halogens is 2. The van der Waals surface area contributed by atoms with E-state index in [9.17, 15) is 4.79 Å². The highest BCUT2D eigenvalue weighted by Crippen LogP contribution is 2.22. The molecular weight excluding hydrogens is 341 g/mol. The van der Waals surface area contributed by atoms with Crippen LogP contribution in [0.2, 0.25) is 10.2 Å². The van der Waals surface area contributed by atoms with Crippen LogP contribution in [0.25, 0.3) is 10.2 Å². The van der Waals surface area contributed by atoms with Gasteiger partial charge in [-0.05, 0) is 18.2 Å². The van der Waals surface area contributed by atoms with Crippen LogP contribution in [0.4, 0.5) is 0 Å². The van der Waals surface area contributed by atoms with Gasteiger partial charge < -0.3 is 5.32 Å². The van der Waals surface area contributed by atoms with E-state index in [0.29, 0.717) is 18.5 Å². The number of hydrogen-bond donors (Lipinski definition) is 1. The predicted octanol–water partition coefficient (Wildman–Crippen LogP) is 3.97. The molecule has 0 saturated carbocycles. The number of nitrogens with zero attached hydrogens (tertiary/aromatic N) is 2. The van der Waals surface area contributed by atoms with Gasteiger partial charge in [0.15, 0.2) is 0 Å². The van der Waals surface area contributed by atoms with Crippen molar-refractivity contribution in [2.45, 2.75) is 6.42 Å². The van der Waals surface area contributed by atoms with Gasteiger partial charge >= 0.3 is 0 Å². The molecule has 0 unspecified atom stereocenters. The Morgan fingerprint density at radius 3 is 2.86 bits per heavy atom. The van der Waals surface area contributed by atoms with Crippen LogP contribution in [-0.4, -0.2) is 22.4 Å². The third-order valence-corrected chi connectivity index (χ3v) is 4.80. The van der Waals surface area contributed by atoms with Crippen LogP contribution in [-0.2, 0) is 6.42 Å². The van der Waals surface area contributed by atoms with Gasteiger partial charge in [-0.1, -0.05) is 35.3 Å². The second kappa shape index (κ2) is 6.60. The lowest BCUT2D eigenvalue weighted by Crippen LogP contribution is -2.25. The van der Waals surface area contributed by atoms with Crippen LogP contribution in [0.1, 0.15) is 15.4 Å². The molecule has 112 valence electrons. The number of carbonyl (C=O) groups is 1. The lowest BCUT2D eigenvalue weighted by atomic mass is 10.2. The first-order valence-electron chi connectivity index (χ1n) is 6.57. The van der Waals surface area contributed by atoms with Gasteiger partial charge in [-0.25, -0.2) is 9.97 Å². The standard InChI is InChI=1S/C15H11Cl2N3OS/c16-10-7-9(8-19-14(10)17)15(21)18-6-5-13-20-11-3-1-2-4-12(11)22-13/h1-4,7-8H,5-6H2,(H,18,21). The zero-order valence-electron chi connectivity index (χ0n) is 11.3. The first-order valence-corrected chi connectivity index (χ1v) is 8.14. The van der Waals surface area contributed by atoms with Gasteiger partial charge in [0, 0.05) is 19.2 Å². The van der Waals surface area contributed by atoms with Crippen molar-refractivity contribution in [3.63, 3.8) is 0 Å². The summed E-state index contributed by atoms with van der Waals surface area (Å²) in [6, 6.07) is 9.48. The van der Waals surface area contributed by atoms with Crippen molar-refractivity contribution in [2.75, 3.05) is 6.54 Å². The SMILES string of the molecule is O=C(NCCc1nc2ccccc2s1)c1cnc(Cl)c(Cl)c1. The summed E-state index contributed by atoms with van der Waals surface area (Å²) in [6.45, 7) is 0.499. The minimum absolute atomic E-state index is 0.188. The highest BCUT2D eigenvalue weighted by molar-refractivity contribution is 7.18. The molecular formula is C15H11Cl2N3OS. The Hall–Kier alpha value is -1.69. The zero-order valence-corrected chi connectivity index (χ0v) is 13.7. The minimum Gasteiger partial charge on any atom is -0.352 e. The van der Waals surface area contributed by atoms with Crippen molar-refractivity contribution in [3.05, 3.63) is 57.3 Å². The van der Waals surface area contributed by atoms with Crippen LogP contribution in [0.3, 0.4) is 0 Å². The Labute approximate surface area is 141 Å². The zero-order chi connectivity index (χ0) is 15.5. The van der Waals surface area contributed by atoms with Crippen molar-refractivity contribution < 1.29 is 4.79 Å². The molecule has 0 bridgehead atoms. The fraction of sp³-hybridized carbons (Fsp3) is 0.133. The molecule has 3 rings (SSSR count). The fourth-order valence-corrected chi connectivity index (χ4v) is 3.19. The largest absolute Gasteiger partial charge is 0.352 e. The average molecular weight is 352 g/mol. The van der Waals surface area contributed by atoms with E-state index in [-0.39, 0.29) is 16.1 Å². The molecule has 1 amide bonds. The van der Waals surface area contributed by atoms with Crippen molar-refractivity contribution in [2.24, 2.45) is 0 Å². The minimum atomic E-state index is -0.229. The molecule has 2 heterocycles. The Balaban J connectivity index is 1.60. The molecule has 0 fully saturated rings. The van der Waals surface area contributed by atoms with E-state index < -0.39 is 0 Å². The topological polar surface area (TPSA) is 54.9 Å². The molecule has 3 aromatic rings. The van der Waals surface area contributed by atoms with E-state index in [1.807, 2.05) is 24.3 Å². The first kappa shape index (κ1) is 15.2. The first-order chi connectivity index (χ1) is 10.6. The van der Waals surface area contributed by atoms with E-state index in [2.05, 4.69) is 15.3 Å². The summed E-state index contributed by atoms with van der Waals surface area (Å²) in [6.07, 6.45) is 2.08. The number of hydrogen-bond acceptors (Lipinski definition) is 4. The number of para-hydroxylation sites is 1. The predicted molar refractivity (Wildman–Crippen MR) is 89.9 cm³/mol.